The van der Waals surface area contributed by atoms with E-state index in [0.717, 1.165) is 5.56 Å². The van der Waals surface area contributed by atoms with Crippen LogP contribution in [0.4, 0.5) is 0 Å². The Morgan fingerprint density at radius 2 is 1.69 bits per heavy atom. The third-order valence-electron chi connectivity index (χ3n) is 1.95. The predicted molar refractivity (Wildman–Crippen MR) is 64.9 cm³/mol. The van der Waals surface area contributed by atoms with Gasteiger partial charge in [0, 0.05) is 5.56 Å². The summed E-state index contributed by atoms with van der Waals surface area (Å²) in [5.74, 6) is 2.50. The van der Waals surface area contributed by atoms with Gasteiger partial charge in [0.05, 0.1) is 18.5 Å². The summed E-state index contributed by atoms with van der Waals surface area (Å²) in [7, 11) is -3.17. The minimum atomic E-state index is -3.17. The van der Waals surface area contributed by atoms with E-state index in [9.17, 15) is 4.57 Å². The minimum absolute atomic E-state index is 0.341. The molecule has 0 fully saturated rings. The largest absolute Gasteiger partial charge is 0.361 e. The van der Waals surface area contributed by atoms with Crippen LogP contribution in [0.25, 0.3) is 0 Å². The van der Waals surface area contributed by atoms with Gasteiger partial charge in [-0.2, -0.15) is 0 Å². The zero-order chi connectivity index (χ0) is 12.0. The molecule has 16 heavy (non-hydrogen) atoms. The SMILES string of the molecule is C#Cc1ccc(P(=O)(OCC)OCC)cc1. The van der Waals surface area contributed by atoms with Crippen molar-refractivity contribution in [1.29, 1.82) is 0 Å². The fourth-order valence-electron chi connectivity index (χ4n) is 1.27. The number of hydrogen-bond acceptors (Lipinski definition) is 3. The van der Waals surface area contributed by atoms with Crippen molar-refractivity contribution in [2.75, 3.05) is 13.2 Å². The smallest absolute Gasteiger partial charge is 0.305 e. The van der Waals surface area contributed by atoms with E-state index in [1.165, 1.54) is 0 Å². The molecular formula is C12H15O3P. The molecule has 0 aliphatic heterocycles. The lowest BCUT2D eigenvalue weighted by molar-refractivity contribution is 0.230. The molecule has 1 rings (SSSR count). The third-order valence-corrected chi connectivity index (χ3v) is 4.08. The van der Waals surface area contributed by atoms with Gasteiger partial charge in [-0.3, -0.25) is 4.57 Å². The van der Waals surface area contributed by atoms with E-state index >= 15 is 0 Å². The standard InChI is InChI=1S/C12H15O3P/c1-4-11-7-9-12(10-8-11)16(13,14-5-2)15-6-3/h1,7-10H,5-6H2,2-3H3. The Bertz CT molecular complexity index is 407. The summed E-state index contributed by atoms with van der Waals surface area (Å²) >= 11 is 0. The zero-order valence-electron chi connectivity index (χ0n) is 9.47. The highest BCUT2D eigenvalue weighted by Crippen LogP contribution is 2.46. The summed E-state index contributed by atoms with van der Waals surface area (Å²) < 4.78 is 22.7. The molecular weight excluding hydrogens is 223 g/mol. The second-order valence-electron chi connectivity index (χ2n) is 3.02. The molecule has 0 atom stereocenters. The van der Waals surface area contributed by atoms with Crippen LogP contribution in [0.5, 0.6) is 0 Å². The van der Waals surface area contributed by atoms with E-state index in [4.69, 9.17) is 15.5 Å². The summed E-state index contributed by atoms with van der Waals surface area (Å²) in [6.45, 7) is 4.24. The minimum Gasteiger partial charge on any atom is -0.305 e. The van der Waals surface area contributed by atoms with Gasteiger partial charge in [-0.1, -0.05) is 5.92 Å². The van der Waals surface area contributed by atoms with E-state index in [-0.39, 0.29) is 0 Å². The van der Waals surface area contributed by atoms with E-state index in [0.29, 0.717) is 18.5 Å². The Morgan fingerprint density at radius 1 is 1.19 bits per heavy atom. The fourth-order valence-corrected chi connectivity index (χ4v) is 2.83. The van der Waals surface area contributed by atoms with Crippen LogP contribution in [-0.2, 0) is 13.6 Å². The van der Waals surface area contributed by atoms with E-state index in [1.54, 1.807) is 38.1 Å². The van der Waals surface area contributed by atoms with Gasteiger partial charge in [-0.25, -0.2) is 0 Å². The van der Waals surface area contributed by atoms with E-state index in [2.05, 4.69) is 5.92 Å². The molecule has 0 N–H and O–H groups in total. The Hall–Kier alpha value is -1.07. The van der Waals surface area contributed by atoms with Gasteiger partial charge in [-0.05, 0) is 38.1 Å². The molecule has 0 unspecified atom stereocenters. The Morgan fingerprint density at radius 3 is 2.06 bits per heavy atom. The van der Waals surface area contributed by atoms with Crippen LogP contribution in [0.2, 0.25) is 0 Å². The quantitative estimate of drug-likeness (QED) is 0.584. The maximum Gasteiger partial charge on any atom is 0.361 e. The lowest BCUT2D eigenvalue weighted by Gasteiger charge is -2.16. The highest BCUT2D eigenvalue weighted by atomic mass is 31.2. The van der Waals surface area contributed by atoms with E-state index in [1.807, 2.05) is 0 Å². The molecule has 0 bridgehead atoms. The fraction of sp³-hybridized carbons (Fsp3) is 0.333. The molecule has 0 aromatic heterocycles. The molecule has 0 saturated heterocycles. The summed E-state index contributed by atoms with van der Waals surface area (Å²) in [6, 6.07) is 6.81. The number of benzene rings is 1. The van der Waals surface area contributed by atoms with E-state index < -0.39 is 7.60 Å². The summed E-state index contributed by atoms with van der Waals surface area (Å²) in [5.41, 5.74) is 0.739. The average molecular weight is 238 g/mol. The first-order valence-corrected chi connectivity index (χ1v) is 6.67. The normalized spacial score (nSPS) is 11.1. The van der Waals surface area contributed by atoms with Gasteiger partial charge in [0.25, 0.3) is 0 Å². The van der Waals surface area contributed by atoms with Gasteiger partial charge in [0.2, 0.25) is 0 Å². The molecule has 0 amide bonds. The Labute approximate surface area is 96.3 Å². The lowest BCUT2D eigenvalue weighted by atomic mass is 10.2. The van der Waals surface area contributed by atoms with Gasteiger partial charge < -0.3 is 9.05 Å². The van der Waals surface area contributed by atoms with Crippen molar-refractivity contribution in [1.82, 2.24) is 0 Å². The highest BCUT2D eigenvalue weighted by molar-refractivity contribution is 7.62. The van der Waals surface area contributed by atoms with Gasteiger partial charge in [0.15, 0.2) is 0 Å². The Balaban J connectivity index is 3.02. The molecule has 4 heteroatoms. The molecule has 0 aliphatic rings. The number of terminal acetylenes is 1. The molecule has 3 nitrogen and oxygen atoms in total. The second kappa shape index (κ2) is 5.86. The van der Waals surface area contributed by atoms with Crippen molar-refractivity contribution in [3.05, 3.63) is 29.8 Å². The molecule has 1 aromatic rings. The molecule has 0 heterocycles. The lowest BCUT2D eigenvalue weighted by Crippen LogP contribution is -2.10. The van der Waals surface area contributed by atoms with Crippen LogP contribution in [0, 0.1) is 12.3 Å². The number of rotatable bonds is 5. The second-order valence-corrected chi connectivity index (χ2v) is 5.05. The summed E-state index contributed by atoms with van der Waals surface area (Å²) in [4.78, 5) is 0. The first kappa shape index (κ1) is 13.0. The molecule has 86 valence electrons. The first-order chi connectivity index (χ1) is 7.66. The molecule has 0 radical (unpaired) electrons. The molecule has 0 aliphatic carbocycles. The van der Waals surface area contributed by atoms with Crippen LogP contribution >= 0.6 is 7.60 Å². The van der Waals surface area contributed by atoms with Crippen LogP contribution < -0.4 is 5.30 Å². The maximum atomic E-state index is 12.3. The number of hydrogen-bond donors (Lipinski definition) is 0. The first-order valence-electron chi connectivity index (χ1n) is 5.12. The molecule has 0 spiro atoms. The molecule has 0 saturated carbocycles. The van der Waals surface area contributed by atoms with Crippen molar-refractivity contribution < 1.29 is 13.6 Å². The monoisotopic (exact) mass is 238 g/mol. The topological polar surface area (TPSA) is 35.5 Å². The summed E-state index contributed by atoms with van der Waals surface area (Å²) in [6.07, 6.45) is 5.24. The van der Waals surface area contributed by atoms with Crippen LogP contribution in [0.3, 0.4) is 0 Å². The van der Waals surface area contributed by atoms with Gasteiger partial charge in [0.1, 0.15) is 0 Å². The molecule has 1 aromatic carbocycles. The summed E-state index contributed by atoms with van der Waals surface area (Å²) in [5, 5.41) is 0.537. The predicted octanol–water partition coefficient (Wildman–Crippen LogP) is 2.56. The van der Waals surface area contributed by atoms with Crippen molar-refractivity contribution in [3.63, 3.8) is 0 Å². The van der Waals surface area contributed by atoms with Crippen LogP contribution in [-0.4, -0.2) is 13.2 Å². The van der Waals surface area contributed by atoms with Gasteiger partial charge >= 0.3 is 7.60 Å². The maximum absolute atomic E-state index is 12.3. The van der Waals surface area contributed by atoms with Crippen molar-refractivity contribution in [2.45, 2.75) is 13.8 Å². The van der Waals surface area contributed by atoms with Crippen molar-refractivity contribution in [2.24, 2.45) is 0 Å². The van der Waals surface area contributed by atoms with Crippen LogP contribution in [0.1, 0.15) is 19.4 Å². The van der Waals surface area contributed by atoms with Crippen molar-refractivity contribution in [3.8, 4) is 12.3 Å². The average Bonchev–Trinajstić information content (AvgIpc) is 2.30. The van der Waals surface area contributed by atoms with Gasteiger partial charge in [-0.15, -0.1) is 6.42 Å². The zero-order valence-corrected chi connectivity index (χ0v) is 10.4. The third kappa shape index (κ3) is 2.96. The Kier molecular flexibility index (Phi) is 4.76. The van der Waals surface area contributed by atoms with Crippen LogP contribution in [0.15, 0.2) is 24.3 Å². The van der Waals surface area contributed by atoms with Crippen molar-refractivity contribution >= 4 is 12.9 Å². The highest BCUT2D eigenvalue weighted by Gasteiger charge is 2.26.